The van der Waals surface area contributed by atoms with Crippen LogP contribution in [0.15, 0.2) is 16.7 Å². The molecule has 1 N–H and O–H groups in total. The molecule has 0 atom stereocenters. The van der Waals surface area contributed by atoms with E-state index in [0.717, 1.165) is 22.6 Å². The van der Waals surface area contributed by atoms with E-state index in [9.17, 15) is 4.79 Å². The third-order valence-electron chi connectivity index (χ3n) is 4.54. The topological polar surface area (TPSA) is 34.0 Å². The molecule has 0 bridgehead atoms. The molecule has 1 amide bonds. The lowest BCUT2D eigenvalue weighted by atomic mass is 10.0. The molecule has 4 heteroatoms. The lowest BCUT2D eigenvalue weighted by molar-refractivity contribution is 0.0932. The third-order valence-corrected chi connectivity index (χ3v) is 4.97. The Morgan fingerprint density at radius 2 is 2.21 bits per heavy atom. The number of amides is 1. The summed E-state index contributed by atoms with van der Waals surface area (Å²) >= 11 is 3.45. The van der Waals surface area contributed by atoms with Gasteiger partial charge in [-0.25, -0.2) is 0 Å². The fourth-order valence-corrected chi connectivity index (χ4v) is 3.42. The van der Waals surface area contributed by atoms with Gasteiger partial charge in [0.15, 0.2) is 0 Å². The first-order valence-electron chi connectivity index (χ1n) is 7.17. The van der Waals surface area contributed by atoms with Crippen molar-refractivity contribution in [1.29, 1.82) is 0 Å². The minimum Gasteiger partial charge on any atom is -0.350 e. The molecule has 19 heavy (non-hydrogen) atoms. The molecule has 0 spiro atoms. The minimum atomic E-state index is 0.0614. The first-order valence-corrected chi connectivity index (χ1v) is 7.97. The number of nitrogens with zero attached hydrogens (tertiary/aromatic N) is 1. The van der Waals surface area contributed by atoms with E-state index < -0.39 is 0 Å². The number of carbonyl (C=O) groups is 1. The summed E-state index contributed by atoms with van der Waals surface area (Å²) in [4.78, 5) is 12.3. The van der Waals surface area contributed by atoms with Crippen LogP contribution in [-0.4, -0.2) is 17.0 Å². The Labute approximate surface area is 122 Å². The second kappa shape index (κ2) is 4.65. The lowest BCUT2D eigenvalue weighted by Crippen LogP contribution is -2.32. The Hall–Kier alpha value is -0.770. The van der Waals surface area contributed by atoms with Gasteiger partial charge >= 0.3 is 0 Å². The summed E-state index contributed by atoms with van der Waals surface area (Å²) in [5.74, 6) is 0.947. The summed E-state index contributed by atoms with van der Waals surface area (Å²) in [6.07, 6.45) is 7.31. The largest absolute Gasteiger partial charge is 0.350 e. The van der Waals surface area contributed by atoms with Crippen molar-refractivity contribution in [3.05, 3.63) is 22.4 Å². The number of carbonyl (C=O) groups excluding carboxylic acids is 1. The number of halogens is 1. The van der Waals surface area contributed by atoms with Crippen molar-refractivity contribution in [2.24, 2.45) is 11.3 Å². The van der Waals surface area contributed by atoms with Crippen LogP contribution in [0.1, 0.15) is 56.1 Å². The molecular formula is C15H21BrN2O. The van der Waals surface area contributed by atoms with Crippen molar-refractivity contribution < 1.29 is 4.79 Å². The molecule has 0 aliphatic heterocycles. The van der Waals surface area contributed by atoms with Crippen molar-refractivity contribution in [2.75, 3.05) is 6.54 Å². The van der Waals surface area contributed by atoms with E-state index in [-0.39, 0.29) is 5.91 Å². The highest BCUT2D eigenvalue weighted by Crippen LogP contribution is 2.60. The van der Waals surface area contributed by atoms with Crippen LogP contribution in [0.3, 0.4) is 0 Å². The van der Waals surface area contributed by atoms with Crippen molar-refractivity contribution >= 4 is 21.8 Å². The molecule has 0 aromatic carbocycles. The quantitative estimate of drug-likeness (QED) is 0.879. The van der Waals surface area contributed by atoms with Gasteiger partial charge in [-0.05, 0) is 72.9 Å². The van der Waals surface area contributed by atoms with Crippen LogP contribution < -0.4 is 5.32 Å². The third kappa shape index (κ3) is 2.60. The van der Waals surface area contributed by atoms with Crippen molar-refractivity contribution in [1.82, 2.24) is 9.88 Å². The highest BCUT2D eigenvalue weighted by Gasteiger charge is 2.53. The molecule has 104 valence electrons. The Morgan fingerprint density at radius 3 is 2.74 bits per heavy atom. The van der Waals surface area contributed by atoms with E-state index in [1.807, 2.05) is 16.8 Å². The zero-order chi connectivity index (χ0) is 13.6. The van der Waals surface area contributed by atoms with Crippen LogP contribution in [0.25, 0.3) is 0 Å². The van der Waals surface area contributed by atoms with Crippen LogP contribution in [0.4, 0.5) is 0 Å². The second-order valence-electron chi connectivity index (χ2n) is 6.36. The van der Waals surface area contributed by atoms with Gasteiger partial charge in [-0.15, -0.1) is 0 Å². The zero-order valence-electron chi connectivity index (χ0n) is 11.6. The molecule has 0 unspecified atom stereocenters. The normalized spacial score (nSPS) is 20.6. The van der Waals surface area contributed by atoms with Gasteiger partial charge in [-0.1, -0.05) is 0 Å². The molecule has 1 heterocycles. The fraction of sp³-hybridized carbons (Fsp3) is 0.667. The average molecular weight is 325 g/mol. The van der Waals surface area contributed by atoms with Crippen LogP contribution >= 0.6 is 15.9 Å². The Morgan fingerprint density at radius 1 is 1.53 bits per heavy atom. The molecule has 3 rings (SSSR count). The summed E-state index contributed by atoms with van der Waals surface area (Å²) in [7, 11) is 0. The minimum absolute atomic E-state index is 0.0614. The average Bonchev–Trinajstić information content (AvgIpc) is 3.23. The predicted octanol–water partition coefficient (Wildman–Crippen LogP) is 3.75. The van der Waals surface area contributed by atoms with Gasteiger partial charge in [0.05, 0.1) is 0 Å². The first-order chi connectivity index (χ1) is 9.02. The van der Waals surface area contributed by atoms with Crippen molar-refractivity contribution in [3.63, 3.8) is 0 Å². The first kappa shape index (κ1) is 13.2. The smallest absolute Gasteiger partial charge is 0.267 e. The zero-order valence-corrected chi connectivity index (χ0v) is 13.2. The number of hydrogen-bond acceptors (Lipinski definition) is 1. The van der Waals surface area contributed by atoms with Gasteiger partial charge in [0.1, 0.15) is 5.69 Å². The van der Waals surface area contributed by atoms with Crippen LogP contribution in [0.5, 0.6) is 0 Å². The van der Waals surface area contributed by atoms with E-state index >= 15 is 0 Å². The summed E-state index contributed by atoms with van der Waals surface area (Å²) in [5, 5.41) is 3.15. The Kier molecular flexibility index (Phi) is 3.24. The van der Waals surface area contributed by atoms with Crippen LogP contribution in [0, 0.1) is 11.3 Å². The maximum atomic E-state index is 12.3. The molecule has 2 saturated carbocycles. The molecule has 0 saturated heterocycles. The van der Waals surface area contributed by atoms with Gasteiger partial charge in [0, 0.05) is 23.3 Å². The van der Waals surface area contributed by atoms with E-state index in [1.165, 1.54) is 25.7 Å². The van der Waals surface area contributed by atoms with Gasteiger partial charge in [-0.2, -0.15) is 0 Å². The van der Waals surface area contributed by atoms with Gasteiger partial charge in [0.2, 0.25) is 0 Å². The number of nitrogens with one attached hydrogen (secondary N) is 1. The second-order valence-corrected chi connectivity index (χ2v) is 7.28. The van der Waals surface area contributed by atoms with E-state index in [4.69, 9.17) is 0 Å². The lowest BCUT2D eigenvalue weighted by Gasteiger charge is -2.17. The highest BCUT2D eigenvalue weighted by molar-refractivity contribution is 9.10. The van der Waals surface area contributed by atoms with E-state index in [0.29, 0.717) is 11.5 Å². The van der Waals surface area contributed by atoms with Gasteiger partial charge in [-0.3, -0.25) is 4.79 Å². The van der Waals surface area contributed by atoms with Gasteiger partial charge < -0.3 is 9.88 Å². The predicted molar refractivity (Wildman–Crippen MR) is 79.2 cm³/mol. The van der Waals surface area contributed by atoms with E-state index in [2.05, 4.69) is 35.1 Å². The standard InChI is InChI=1S/C15H21BrN2O/c1-10(2)18-8-12(16)7-13(18)14(19)17-9-15(5-6-15)11-3-4-11/h7-8,10-11H,3-6,9H2,1-2H3,(H,17,19). The number of hydrogen-bond donors (Lipinski definition) is 1. The number of rotatable bonds is 5. The maximum absolute atomic E-state index is 12.3. The van der Waals surface area contributed by atoms with Crippen LogP contribution in [0.2, 0.25) is 0 Å². The number of aromatic nitrogens is 1. The molecule has 2 aliphatic rings. The molecule has 0 radical (unpaired) electrons. The maximum Gasteiger partial charge on any atom is 0.267 e. The highest BCUT2D eigenvalue weighted by atomic mass is 79.9. The van der Waals surface area contributed by atoms with Crippen molar-refractivity contribution in [3.8, 4) is 0 Å². The molecular weight excluding hydrogens is 304 g/mol. The molecule has 2 aliphatic carbocycles. The summed E-state index contributed by atoms with van der Waals surface area (Å²) in [6, 6.07) is 2.21. The molecule has 2 fully saturated rings. The molecule has 1 aromatic heterocycles. The summed E-state index contributed by atoms with van der Waals surface area (Å²) in [5.41, 5.74) is 1.22. The SMILES string of the molecule is CC(C)n1cc(Br)cc1C(=O)NCC1(C2CC2)CC1. The van der Waals surface area contributed by atoms with E-state index in [1.54, 1.807) is 0 Å². The Bertz CT molecular complexity index is 498. The monoisotopic (exact) mass is 324 g/mol. The van der Waals surface area contributed by atoms with Gasteiger partial charge in [0.25, 0.3) is 5.91 Å². The van der Waals surface area contributed by atoms with Crippen molar-refractivity contribution in [2.45, 2.75) is 45.6 Å². The Balaban J connectivity index is 1.67. The summed E-state index contributed by atoms with van der Waals surface area (Å²) < 4.78 is 2.99. The molecule has 1 aromatic rings. The molecule has 3 nitrogen and oxygen atoms in total. The fourth-order valence-electron chi connectivity index (χ4n) is 2.99. The summed E-state index contributed by atoms with van der Waals surface area (Å²) in [6.45, 7) is 5.04. The van der Waals surface area contributed by atoms with Crippen LogP contribution in [-0.2, 0) is 0 Å².